The van der Waals surface area contributed by atoms with Gasteiger partial charge in [0.2, 0.25) is 5.91 Å². The molecule has 1 aliphatic rings. The Bertz CT molecular complexity index is 973. The van der Waals surface area contributed by atoms with Crippen LogP contribution in [0.15, 0.2) is 59.4 Å². The largest absolute Gasteiger partial charge is 0.349 e. The Labute approximate surface area is 145 Å². The van der Waals surface area contributed by atoms with E-state index in [2.05, 4.69) is 4.98 Å². The summed E-state index contributed by atoms with van der Waals surface area (Å²) in [5.74, 6) is -0.0148. The van der Waals surface area contributed by atoms with E-state index in [-0.39, 0.29) is 18.1 Å². The molecular formula is C20H19N3O2. The van der Waals surface area contributed by atoms with Crippen LogP contribution in [0, 0.1) is 0 Å². The molecule has 1 aliphatic heterocycles. The molecule has 5 heteroatoms. The summed E-state index contributed by atoms with van der Waals surface area (Å²) in [6.45, 7) is 1.60. The Kier molecular flexibility index (Phi) is 4.06. The smallest absolute Gasteiger partial charge is 0.341 e. The molecule has 2 heterocycles. The van der Waals surface area contributed by atoms with E-state index in [0.717, 1.165) is 42.4 Å². The predicted octanol–water partition coefficient (Wildman–Crippen LogP) is 2.69. The number of aromatic nitrogens is 2. The normalized spacial score (nSPS) is 14.2. The summed E-state index contributed by atoms with van der Waals surface area (Å²) < 4.78 is 1.49. The third-order valence-corrected chi connectivity index (χ3v) is 4.69. The Morgan fingerprint density at radius 2 is 1.64 bits per heavy atom. The molecule has 2 aromatic carbocycles. The summed E-state index contributed by atoms with van der Waals surface area (Å²) in [5, 5.41) is 0.877. The second-order valence-electron chi connectivity index (χ2n) is 6.30. The van der Waals surface area contributed by atoms with Gasteiger partial charge in [-0.15, -0.1) is 0 Å². The van der Waals surface area contributed by atoms with E-state index in [1.54, 1.807) is 0 Å². The molecule has 5 nitrogen and oxygen atoms in total. The van der Waals surface area contributed by atoms with Gasteiger partial charge >= 0.3 is 5.69 Å². The van der Waals surface area contributed by atoms with Crippen LogP contribution in [0.3, 0.4) is 0 Å². The molecule has 0 aliphatic carbocycles. The van der Waals surface area contributed by atoms with Crippen LogP contribution >= 0.6 is 0 Å². The average Bonchev–Trinajstić information content (AvgIpc) is 3.19. The molecule has 4 rings (SSSR count). The molecule has 3 aromatic rings. The van der Waals surface area contributed by atoms with Crippen molar-refractivity contribution in [3.05, 3.63) is 65.1 Å². The maximum Gasteiger partial charge on any atom is 0.349 e. The molecule has 126 valence electrons. The molecule has 0 spiro atoms. The number of nitrogens with zero attached hydrogens (tertiary/aromatic N) is 3. The van der Waals surface area contributed by atoms with Gasteiger partial charge in [0.15, 0.2) is 0 Å². The number of likely N-dealkylation sites (tertiary alicyclic amines) is 1. The van der Waals surface area contributed by atoms with E-state index in [9.17, 15) is 9.59 Å². The highest BCUT2D eigenvalue weighted by molar-refractivity contribution is 5.93. The van der Waals surface area contributed by atoms with Crippen molar-refractivity contribution < 1.29 is 4.79 Å². The first kappa shape index (κ1) is 15.6. The number of para-hydroxylation sites is 1. The summed E-state index contributed by atoms with van der Waals surface area (Å²) in [4.78, 5) is 31.3. The zero-order valence-electron chi connectivity index (χ0n) is 13.9. The van der Waals surface area contributed by atoms with Crippen LogP contribution in [0.1, 0.15) is 12.8 Å². The van der Waals surface area contributed by atoms with Gasteiger partial charge in [0, 0.05) is 24.0 Å². The molecule has 0 N–H and O–H groups in total. The molecule has 0 radical (unpaired) electrons. The van der Waals surface area contributed by atoms with Gasteiger partial charge < -0.3 is 4.90 Å². The number of fused-ring (bicyclic) bond motifs is 1. The topological polar surface area (TPSA) is 55.2 Å². The van der Waals surface area contributed by atoms with Crippen LogP contribution in [0.2, 0.25) is 0 Å². The third-order valence-electron chi connectivity index (χ3n) is 4.69. The van der Waals surface area contributed by atoms with Crippen molar-refractivity contribution >= 4 is 16.8 Å². The van der Waals surface area contributed by atoms with Gasteiger partial charge in [-0.2, -0.15) is 4.98 Å². The lowest BCUT2D eigenvalue weighted by molar-refractivity contribution is -0.130. The number of hydrogen-bond donors (Lipinski definition) is 0. The van der Waals surface area contributed by atoms with Gasteiger partial charge in [-0.25, -0.2) is 4.79 Å². The first-order chi connectivity index (χ1) is 12.2. The lowest BCUT2D eigenvalue weighted by Crippen LogP contribution is -2.35. The quantitative estimate of drug-likeness (QED) is 0.740. The Balaban J connectivity index is 1.82. The van der Waals surface area contributed by atoms with Gasteiger partial charge in [0.05, 0.1) is 11.2 Å². The number of rotatable bonds is 3. The lowest BCUT2D eigenvalue weighted by atomic mass is 10.1. The zero-order chi connectivity index (χ0) is 17.2. The molecule has 1 aromatic heterocycles. The molecule has 1 saturated heterocycles. The van der Waals surface area contributed by atoms with Crippen molar-refractivity contribution in [2.75, 3.05) is 13.1 Å². The van der Waals surface area contributed by atoms with Crippen LogP contribution in [0.4, 0.5) is 0 Å². The minimum Gasteiger partial charge on any atom is -0.341 e. The zero-order valence-corrected chi connectivity index (χ0v) is 13.9. The molecule has 0 atom stereocenters. The fourth-order valence-electron chi connectivity index (χ4n) is 3.40. The van der Waals surface area contributed by atoms with E-state index < -0.39 is 0 Å². The summed E-state index contributed by atoms with van der Waals surface area (Å²) in [6, 6.07) is 17.3. The summed E-state index contributed by atoms with van der Waals surface area (Å²) in [5.41, 5.74) is 1.92. The summed E-state index contributed by atoms with van der Waals surface area (Å²) >= 11 is 0. The highest BCUT2D eigenvalue weighted by Crippen LogP contribution is 2.25. The third kappa shape index (κ3) is 2.93. The number of amides is 1. The summed E-state index contributed by atoms with van der Waals surface area (Å²) in [7, 11) is 0. The highest BCUT2D eigenvalue weighted by Gasteiger charge is 2.20. The molecule has 0 bridgehead atoms. The fraction of sp³-hybridized carbons (Fsp3) is 0.250. The van der Waals surface area contributed by atoms with Gasteiger partial charge in [-0.3, -0.25) is 9.36 Å². The molecule has 1 amide bonds. The second-order valence-corrected chi connectivity index (χ2v) is 6.30. The van der Waals surface area contributed by atoms with Crippen LogP contribution in [-0.4, -0.2) is 33.4 Å². The van der Waals surface area contributed by atoms with Crippen molar-refractivity contribution in [3.8, 4) is 11.3 Å². The number of benzene rings is 2. The molecular weight excluding hydrogens is 314 g/mol. The monoisotopic (exact) mass is 333 g/mol. The van der Waals surface area contributed by atoms with Gasteiger partial charge in [-0.1, -0.05) is 48.5 Å². The van der Waals surface area contributed by atoms with Gasteiger partial charge in [-0.05, 0) is 18.9 Å². The standard InChI is InChI=1S/C20H19N3O2/c24-18(22-12-6-7-13-22)14-23-17-11-5-4-10-16(17)19(21-20(23)25)15-8-2-1-3-9-15/h1-5,8-11H,6-7,12-14H2. The maximum atomic E-state index is 12.7. The molecule has 0 saturated carbocycles. The summed E-state index contributed by atoms with van der Waals surface area (Å²) in [6.07, 6.45) is 2.07. The molecule has 25 heavy (non-hydrogen) atoms. The number of hydrogen-bond acceptors (Lipinski definition) is 3. The van der Waals surface area contributed by atoms with Crippen molar-refractivity contribution in [2.24, 2.45) is 0 Å². The van der Waals surface area contributed by atoms with Crippen LogP contribution in [-0.2, 0) is 11.3 Å². The SMILES string of the molecule is O=C(Cn1c(=O)nc(-c2ccccc2)c2ccccc21)N1CCCC1. The second kappa shape index (κ2) is 6.51. The molecule has 1 fully saturated rings. The van der Waals surface area contributed by atoms with E-state index in [1.807, 2.05) is 59.5 Å². The van der Waals surface area contributed by atoms with E-state index in [0.29, 0.717) is 5.69 Å². The van der Waals surface area contributed by atoms with E-state index >= 15 is 0 Å². The predicted molar refractivity (Wildman–Crippen MR) is 97.3 cm³/mol. The van der Waals surface area contributed by atoms with Gasteiger partial charge in [0.25, 0.3) is 0 Å². The van der Waals surface area contributed by atoms with Crippen molar-refractivity contribution in [2.45, 2.75) is 19.4 Å². The Hall–Kier alpha value is -2.95. The Morgan fingerprint density at radius 1 is 0.960 bits per heavy atom. The van der Waals surface area contributed by atoms with E-state index in [1.165, 1.54) is 4.57 Å². The van der Waals surface area contributed by atoms with Gasteiger partial charge in [0.1, 0.15) is 6.54 Å². The maximum absolute atomic E-state index is 12.7. The lowest BCUT2D eigenvalue weighted by Gasteiger charge is -2.17. The Morgan fingerprint density at radius 3 is 2.40 bits per heavy atom. The molecule has 0 unspecified atom stereocenters. The first-order valence-electron chi connectivity index (χ1n) is 8.57. The highest BCUT2D eigenvalue weighted by atomic mass is 16.2. The van der Waals surface area contributed by atoms with Crippen molar-refractivity contribution in [3.63, 3.8) is 0 Å². The van der Waals surface area contributed by atoms with E-state index in [4.69, 9.17) is 0 Å². The average molecular weight is 333 g/mol. The van der Waals surface area contributed by atoms with Crippen molar-refractivity contribution in [1.29, 1.82) is 0 Å². The minimum atomic E-state index is -0.384. The fourth-order valence-corrected chi connectivity index (χ4v) is 3.40. The number of carbonyl (C=O) groups is 1. The first-order valence-corrected chi connectivity index (χ1v) is 8.57. The minimum absolute atomic E-state index is 0.0148. The van der Waals surface area contributed by atoms with Crippen LogP contribution < -0.4 is 5.69 Å². The van der Waals surface area contributed by atoms with Crippen LogP contribution in [0.25, 0.3) is 22.2 Å². The van der Waals surface area contributed by atoms with Crippen molar-refractivity contribution in [1.82, 2.24) is 14.5 Å². The van der Waals surface area contributed by atoms with Crippen LogP contribution in [0.5, 0.6) is 0 Å². The number of carbonyl (C=O) groups excluding carboxylic acids is 1.